The molecule has 1 N–H and O–H groups in total. The molecule has 1 aliphatic heterocycles. The molecule has 1 heterocycles. The third-order valence-electron chi connectivity index (χ3n) is 8.09. The van der Waals surface area contributed by atoms with Gasteiger partial charge in [-0.3, -0.25) is 19.3 Å². The number of alkyl halides is 2. The number of halogens is 3. The maximum Gasteiger partial charge on any atom is 0.235 e. The van der Waals surface area contributed by atoms with Gasteiger partial charge in [-0.05, 0) is 59.4 Å². The first-order valence-corrected chi connectivity index (χ1v) is 13.5. The Morgan fingerprint density at radius 1 is 0.763 bits per heavy atom. The second-order valence-electron chi connectivity index (χ2n) is 10.2. The molecule has 3 aromatic rings. The van der Waals surface area contributed by atoms with Gasteiger partial charge in [-0.15, -0.1) is 23.2 Å². The number of imide groups is 1. The van der Waals surface area contributed by atoms with Crippen molar-refractivity contribution in [2.24, 2.45) is 11.8 Å². The van der Waals surface area contributed by atoms with Gasteiger partial charge in [0, 0.05) is 18.7 Å². The van der Waals surface area contributed by atoms with Crippen LogP contribution in [0.25, 0.3) is 0 Å². The van der Waals surface area contributed by atoms with Crippen LogP contribution >= 0.6 is 23.2 Å². The second-order valence-corrected chi connectivity index (χ2v) is 11.4. The minimum Gasteiger partial charge on any atom is -0.326 e. The SMILES string of the molecule is O=C(CCCCCN1C(=O)[C@@H]2[C@@H](C1=O)C1(Cl)c3ccccc3C2(Cl)c2ccccc21)Nc1ccc(F)cc1. The Bertz CT molecular complexity index is 1340. The molecule has 1 saturated heterocycles. The number of rotatable bonds is 7. The van der Waals surface area contributed by atoms with Crippen LogP contribution in [0.3, 0.4) is 0 Å². The second kappa shape index (κ2) is 9.21. The number of carbonyl (C=O) groups excluding carboxylic acids is 3. The van der Waals surface area contributed by atoms with Gasteiger partial charge < -0.3 is 5.32 Å². The van der Waals surface area contributed by atoms with E-state index in [0.29, 0.717) is 24.9 Å². The lowest BCUT2D eigenvalue weighted by molar-refractivity contribution is -0.140. The Balaban J connectivity index is 1.16. The number of unbranched alkanes of at least 4 members (excludes halogenated alkanes) is 2. The van der Waals surface area contributed by atoms with E-state index in [-0.39, 0.29) is 36.5 Å². The average molecular weight is 551 g/mol. The fourth-order valence-electron chi connectivity index (χ4n) is 6.43. The molecule has 0 radical (unpaired) electrons. The van der Waals surface area contributed by atoms with Crippen molar-refractivity contribution >= 4 is 46.6 Å². The molecule has 1 fully saturated rings. The molecular formula is C30H25Cl2FN2O3. The highest BCUT2D eigenvalue weighted by Crippen LogP contribution is 2.69. The number of hydrogen-bond acceptors (Lipinski definition) is 3. The lowest BCUT2D eigenvalue weighted by atomic mass is 9.54. The number of amides is 3. The highest BCUT2D eigenvalue weighted by molar-refractivity contribution is 6.36. The zero-order chi connectivity index (χ0) is 26.7. The number of nitrogens with one attached hydrogen (secondary N) is 1. The van der Waals surface area contributed by atoms with Crippen molar-refractivity contribution in [3.8, 4) is 0 Å². The fraction of sp³-hybridized carbons (Fsp3) is 0.300. The fourth-order valence-corrected chi connectivity index (χ4v) is 7.53. The number of nitrogens with zero attached hydrogens (tertiary/aromatic N) is 1. The summed E-state index contributed by atoms with van der Waals surface area (Å²) in [5.41, 5.74) is 3.67. The van der Waals surface area contributed by atoms with Crippen molar-refractivity contribution < 1.29 is 18.8 Å². The minimum atomic E-state index is -1.17. The zero-order valence-electron chi connectivity index (χ0n) is 20.4. The highest BCUT2D eigenvalue weighted by atomic mass is 35.5. The highest BCUT2D eigenvalue weighted by Gasteiger charge is 2.72. The molecule has 0 spiro atoms. The first-order valence-electron chi connectivity index (χ1n) is 12.8. The van der Waals surface area contributed by atoms with Crippen molar-refractivity contribution in [3.05, 3.63) is 101 Å². The number of benzene rings is 3. The smallest absolute Gasteiger partial charge is 0.235 e. The van der Waals surface area contributed by atoms with Gasteiger partial charge >= 0.3 is 0 Å². The lowest BCUT2D eigenvalue weighted by Crippen LogP contribution is -2.57. The zero-order valence-corrected chi connectivity index (χ0v) is 21.9. The first kappa shape index (κ1) is 25.1. The van der Waals surface area contributed by atoms with Crippen LogP contribution in [-0.2, 0) is 24.1 Å². The third kappa shape index (κ3) is 3.53. The van der Waals surface area contributed by atoms with Gasteiger partial charge in [0.2, 0.25) is 17.7 Å². The van der Waals surface area contributed by atoms with Crippen LogP contribution in [0.15, 0.2) is 72.8 Å². The summed E-state index contributed by atoms with van der Waals surface area (Å²) >= 11 is 14.8. The molecule has 38 heavy (non-hydrogen) atoms. The molecule has 2 bridgehead atoms. The Morgan fingerprint density at radius 2 is 1.24 bits per heavy atom. The summed E-state index contributed by atoms with van der Waals surface area (Å²) < 4.78 is 13.0. The molecule has 3 amide bonds. The molecule has 2 atom stereocenters. The van der Waals surface area contributed by atoms with Crippen LogP contribution < -0.4 is 5.32 Å². The van der Waals surface area contributed by atoms with Crippen LogP contribution in [0.4, 0.5) is 10.1 Å². The van der Waals surface area contributed by atoms with Crippen molar-refractivity contribution in [1.82, 2.24) is 4.90 Å². The Morgan fingerprint density at radius 3 is 1.71 bits per heavy atom. The molecule has 0 aromatic heterocycles. The quantitative estimate of drug-likeness (QED) is 0.225. The molecule has 4 aliphatic rings. The van der Waals surface area contributed by atoms with Crippen LogP contribution in [0.2, 0.25) is 0 Å². The monoisotopic (exact) mass is 550 g/mol. The number of anilines is 1. The Hall–Kier alpha value is -3.22. The van der Waals surface area contributed by atoms with Crippen molar-refractivity contribution in [1.29, 1.82) is 0 Å². The molecular weight excluding hydrogens is 526 g/mol. The average Bonchev–Trinajstić information content (AvgIpc) is 3.19. The lowest BCUT2D eigenvalue weighted by Gasteiger charge is -2.54. The van der Waals surface area contributed by atoms with Crippen LogP contribution in [0.1, 0.15) is 47.9 Å². The van der Waals surface area contributed by atoms with E-state index in [0.717, 1.165) is 22.3 Å². The molecule has 0 saturated carbocycles. The third-order valence-corrected chi connectivity index (χ3v) is 9.37. The van der Waals surface area contributed by atoms with E-state index in [9.17, 15) is 18.8 Å². The summed E-state index contributed by atoms with van der Waals surface area (Å²) in [5, 5.41) is 2.74. The summed E-state index contributed by atoms with van der Waals surface area (Å²) in [6, 6.07) is 20.7. The maximum absolute atomic E-state index is 13.8. The minimum absolute atomic E-state index is 0.170. The van der Waals surface area contributed by atoms with E-state index in [1.54, 1.807) is 0 Å². The molecule has 7 rings (SSSR count). The molecule has 8 heteroatoms. The van der Waals surface area contributed by atoms with Crippen molar-refractivity contribution in [3.63, 3.8) is 0 Å². The van der Waals surface area contributed by atoms with Gasteiger partial charge in [-0.1, -0.05) is 55.0 Å². The predicted molar refractivity (Wildman–Crippen MR) is 143 cm³/mol. The van der Waals surface area contributed by atoms with Crippen LogP contribution in [-0.4, -0.2) is 29.2 Å². The van der Waals surface area contributed by atoms with E-state index < -0.39 is 21.6 Å². The van der Waals surface area contributed by atoms with Crippen molar-refractivity contribution in [2.45, 2.75) is 35.4 Å². The topological polar surface area (TPSA) is 66.5 Å². The first-order chi connectivity index (χ1) is 18.3. The van der Waals surface area contributed by atoms with Crippen LogP contribution in [0, 0.1) is 17.7 Å². The number of hydrogen-bond donors (Lipinski definition) is 1. The molecule has 194 valence electrons. The Labute approximate surface area is 229 Å². The predicted octanol–water partition coefficient (Wildman–Crippen LogP) is 5.92. The van der Waals surface area contributed by atoms with E-state index >= 15 is 0 Å². The molecule has 3 aromatic carbocycles. The molecule has 3 aliphatic carbocycles. The van der Waals surface area contributed by atoms with Gasteiger partial charge in [0.1, 0.15) is 15.6 Å². The summed E-state index contributed by atoms with van der Waals surface area (Å²) in [6.45, 7) is 0.247. The van der Waals surface area contributed by atoms with Crippen molar-refractivity contribution in [2.75, 3.05) is 11.9 Å². The van der Waals surface area contributed by atoms with E-state index in [1.807, 2.05) is 48.5 Å². The van der Waals surface area contributed by atoms with Gasteiger partial charge in [0.15, 0.2) is 0 Å². The molecule has 5 nitrogen and oxygen atoms in total. The van der Waals surface area contributed by atoms with E-state index in [1.165, 1.54) is 29.2 Å². The summed E-state index contributed by atoms with van der Waals surface area (Å²) in [6.07, 6.45) is 2.09. The van der Waals surface area contributed by atoms with Crippen LogP contribution in [0.5, 0.6) is 0 Å². The number of carbonyl (C=O) groups is 3. The number of likely N-dealkylation sites (tertiary alicyclic amines) is 1. The molecule has 0 unspecified atom stereocenters. The largest absolute Gasteiger partial charge is 0.326 e. The van der Waals surface area contributed by atoms with Gasteiger partial charge in [0.25, 0.3) is 0 Å². The normalized spacial score (nSPS) is 26.7. The summed E-state index contributed by atoms with van der Waals surface area (Å²) in [5.74, 6) is -2.71. The van der Waals surface area contributed by atoms with Gasteiger partial charge in [-0.25, -0.2) is 4.39 Å². The van der Waals surface area contributed by atoms with E-state index in [4.69, 9.17) is 23.2 Å². The standard InChI is InChI=1S/C30H25Cl2FN2O3/c31-29-20-8-3-4-9-21(20)30(32,23-11-6-5-10-22(23)29)26-25(29)27(37)35(28(26)38)17-7-1-2-12-24(36)34-19-15-13-18(33)14-16-19/h3-6,8-11,13-16,25-26H,1-2,7,12,17H2,(H,34,36)/t25-,26-,29?,30?/m0/s1. The summed E-state index contributed by atoms with van der Waals surface area (Å²) in [7, 11) is 0. The van der Waals surface area contributed by atoms with Gasteiger partial charge in [0.05, 0.1) is 11.8 Å². The summed E-state index contributed by atoms with van der Waals surface area (Å²) in [4.78, 5) is 38.7. The van der Waals surface area contributed by atoms with Gasteiger partial charge in [-0.2, -0.15) is 0 Å². The Kier molecular flexibility index (Phi) is 6.08. The maximum atomic E-state index is 13.8. The van der Waals surface area contributed by atoms with E-state index in [2.05, 4.69) is 5.32 Å².